The second-order valence-electron chi connectivity index (χ2n) is 4.10. The summed E-state index contributed by atoms with van der Waals surface area (Å²) in [6.45, 7) is 4.85. The molecule has 1 saturated carbocycles. The fraction of sp³-hybridized carbons (Fsp3) is 0.750. The Hall–Kier alpha value is -0.165. The molecule has 0 unspecified atom stereocenters. The van der Waals surface area contributed by atoms with E-state index in [1.54, 1.807) is 0 Å². The van der Waals surface area contributed by atoms with E-state index in [1.165, 1.54) is 6.92 Å². The number of hydrogen-bond donors (Lipinski definition) is 4. The van der Waals surface area contributed by atoms with Crippen LogP contribution in [0.5, 0.6) is 0 Å². The molecule has 0 aromatic rings. The van der Waals surface area contributed by atoms with Crippen molar-refractivity contribution in [3.8, 4) is 0 Å². The summed E-state index contributed by atoms with van der Waals surface area (Å²) in [5.74, 6) is -0.899. The predicted molar refractivity (Wildman–Crippen MR) is 57.1 cm³/mol. The predicted octanol–water partition coefficient (Wildman–Crippen LogP) is -0.855. The maximum atomic E-state index is 10.6. The molecule has 0 heterocycles. The van der Waals surface area contributed by atoms with Gasteiger partial charge in [-0.15, -0.1) is 0 Å². The maximum Gasteiger partial charge on any atom is 0.351 e. The van der Waals surface area contributed by atoms with E-state index in [9.17, 15) is 14.8 Å². The van der Waals surface area contributed by atoms with Crippen LogP contribution < -0.4 is 0 Å². The second kappa shape index (κ2) is 4.25. The Morgan fingerprint density at radius 3 is 2.44 bits per heavy atom. The summed E-state index contributed by atoms with van der Waals surface area (Å²) in [5.41, 5.74) is -1.40. The van der Waals surface area contributed by atoms with Gasteiger partial charge in [-0.1, -0.05) is 6.58 Å². The first-order valence-electron chi connectivity index (χ1n) is 4.58. The van der Waals surface area contributed by atoms with Crippen LogP contribution in [0.25, 0.3) is 0 Å². The Kier molecular flexibility index (Phi) is 3.70. The Morgan fingerprint density at radius 1 is 1.62 bits per heavy atom. The van der Waals surface area contributed by atoms with Crippen molar-refractivity contribution in [1.29, 1.82) is 0 Å². The normalized spacial score (nSPS) is 40.3. The Labute approximate surface area is 94.5 Å². The van der Waals surface area contributed by atoms with Crippen LogP contribution >= 0.6 is 7.60 Å². The SMILES string of the molecule is [B][C@@H]1C(=C)[C@H](OCP(=O)(O)O)[C@@H](O)[C@@]1(C)O. The molecule has 1 rings (SSSR count). The molecule has 0 spiro atoms. The summed E-state index contributed by atoms with van der Waals surface area (Å²) in [4.78, 5) is 17.3. The Bertz CT molecular complexity index is 337. The molecule has 0 amide bonds. The van der Waals surface area contributed by atoms with Crippen molar-refractivity contribution in [2.24, 2.45) is 0 Å². The van der Waals surface area contributed by atoms with Gasteiger partial charge in [-0.25, -0.2) is 0 Å². The van der Waals surface area contributed by atoms with Crippen molar-refractivity contribution in [2.45, 2.75) is 30.5 Å². The molecule has 1 fully saturated rings. The molecule has 1 aliphatic carbocycles. The van der Waals surface area contributed by atoms with Gasteiger partial charge in [-0.3, -0.25) is 4.57 Å². The van der Waals surface area contributed by atoms with E-state index in [1.807, 2.05) is 0 Å². The minimum atomic E-state index is -4.33. The average Bonchev–Trinajstić information content (AvgIpc) is 2.26. The lowest BCUT2D eigenvalue weighted by molar-refractivity contribution is -0.0867. The highest BCUT2D eigenvalue weighted by Crippen LogP contribution is 2.45. The van der Waals surface area contributed by atoms with E-state index >= 15 is 0 Å². The summed E-state index contributed by atoms with van der Waals surface area (Å²) >= 11 is 0. The summed E-state index contributed by atoms with van der Waals surface area (Å²) in [5, 5.41) is 19.5. The van der Waals surface area contributed by atoms with Crippen molar-refractivity contribution in [3.63, 3.8) is 0 Å². The molecular weight excluding hydrogens is 234 g/mol. The fourth-order valence-electron chi connectivity index (χ4n) is 1.62. The first-order chi connectivity index (χ1) is 7.07. The molecule has 0 bridgehead atoms. The van der Waals surface area contributed by atoms with Gasteiger partial charge in [0.15, 0.2) is 0 Å². The fourth-order valence-corrected chi connectivity index (χ4v) is 1.98. The molecule has 16 heavy (non-hydrogen) atoms. The molecule has 0 aliphatic heterocycles. The van der Waals surface area contributed by atoms with Gasteiger partial charge in [0.05, 0.1) is 13.4 Å². The zero-order valence-corrected chi connectivity index (χ0v) is 9.67. The van der Waals surface area contributed by atoms with Crippen molar-refractivity contribution >= 4 is 15.4 Å². The van der Waals surface area contributed by atoms with Gasteiger partial charge >= 0.3 is 7.60 Å². The van der Waals surface area contributed by atoms with E-state index in [-0.39, 0.29) is 5.57 Å². The van der Waals surface area contributed by atoms with Crippen molar-refractivity contribution in [2.75, 3.05) is 6.35 Å². The van der Waals surface area contributed by atoms with Crippen LogP contribution in [0.4, 0.5) is 0 Å². The third-order valence-electron chi connectivity index (χ3n) is 2.70. The zero-order chi connectivity index (χ0) is 12.7. The second-order valence-corrected chi connectivity index (χ2v) is 5.69. The van der Waals surface area contributed by atoms with E-state index in [0.717, 1.165) is 0 Å². The number of rotatable bonds is 3. The number of aliphatic hydroxyl groups is 2. The molecule has 1 aliphatic rings. The summed E-state index contributed by atoms with van der Waals surface area (Å²) < 4.78 is 15.5. The van der Waals surface area contributed by atoms with Crippen LogP contribution in [-0.2, 0) is 9.30 Å². The molecule has 6 nitrogen and oxygen atoms in total. The molecule has 4 atom stereocenters. The van der Waals surface area contributed by atoms with Crippen molar-refractivity contribution in [3.05, 3.63) is 12.2 Å². The lowest BCUT2D eigenvalue weighted by Crippen LogP contribution is -2.42. The van der Waals surface area contributed by atoms with Gasteiger partial charge in [-0.05, 0) is 18.3 Å². The average molecular weight is 248 g/mol. The highest BCUT2D eigenvalue weighted by atomic mass is 31.2. The summed E-state index contributed by atoms with van der Waals surface area (Å²) in [7, 11) is 1.26. The van der Waals surface area contributed by atoms with Crippen molar-refractivity contribution < 1.29 is 29.3 Å². The largest absolute Gasteiger partial charge is 0.388 e. The van der Waals surface area contributed by atoms with Crippen LogP contribution in [0.15, 0.2) is 12.2 Å². The lowest BCUT2D eigenvalue weighted by Gasteiger charge is -2.26. The molecular formula is C8H14BO6P. The molecule has 0 aromatic heterocycles. The van der Waals surface area contributed by atoms with Gasteiger partial charge in [0.2, 0.25) is 0 Å². The van der Waals surface area contributed by atoms with Gasteiger partial charge in [-0.2, -0.15) is 0 Å². The van der Waals surface area contributed by atoms with E-state index < -0.39 is 37.6 Å². The van der Waals surface area contributed by atoms with Crippen LogP contribution in [-0.4, -0.2) is 52.0 Å². The third kappa shape index (κ3) is 2.56. The summed E-state index contributed by atoms with van der Waals surface area (Å²) in [6, 6.07) is 0. The smallest absolute Gasteiger partial charge is 0.351 e. The van der Waals surface area contributed by atoms with Gasteiger partial charge < -0.3 is 24.7 Å². The van der Waals surface area contributed by atoms with Gasteiger partial charge in [0, 0.05) is 0 Å². The molecule has 90 valence electrons. The topological polar surface area (TPSA) is 107 Å². The molecule has 8 heteroatoms. The zero-order valence-electron chi connectivity index (χ0n) is 8.78. The summed E-state index contributed by atoms with van der Waals surface area (Å²) in [6.07, 6.45) is -3.28. The molecule has 0 saturated heterocycles. The van der Waals surface area contributed by atoms with Crippen molar-refractivity contribution in [1.82, 2.24) is 0 Å². The third-order valence-corrected chi connectivity index (χ3v) is 3.19. The number of hydrogen-bond acceptors (Lipinski definition) is 4. The minimum Gasteiger partial charge on any atom is -0.388 e. The quantitative estimate of drug-likeness (QED) is 0.294. The monoisotopic (exact) mass is 248 g/mol. The maximum absolute atomic E-state index is 10.6. The highest BCUT2D eigenvalue weighted by Gasteiger charge is 2.51. The Balaban J connectivity index is 2.76. The number of aliphatic hydroxyl groups excluding tert-OH is 1. The lowest BCUT2D eigenvalue weighted by atomic mass is 9.74. The first kappa shape index (κ1) is 13.9. The minimum absolute atomic E-state index is 0.214. The standard InChI is InChI=1S/C8H14BO6P/c1-4-5(15-3-16(12,13)14)7(10)8(2,11)6(4)9/h5-7,10-11H,1,3H2,2H3,(H2,12,13,14)/t5-,6+,7+,8-/m0/s1. The molecule has 2 radical (unpaired) electrons. The van der Waals surface area contributed by atoms with E-state index in [2.05, 4.69) is 6.58 Å². The first-order valence-corrected chi connectivity index (χ1v) is 6.38. The van der Waals surface area contributed by atoms with Crippen LogP contribution in [0.3, 0.4) is 0 Å². The van der Waals surface area contributed by atoms with E-state index in [4.69, 9.17) is 22.4 Å². The number of ether oxygens (including phenoxy) is 1. The van der Waals surface area contributed by atoms with Gasteiger partial charge in [0.1, 0.15) is 18.6 Å². The highest BCUT2D eigenvalue weighted by molar-refractivity contribution is 7.51. The van der Waals surface area contributed by atoms with Crippen LogP contribution in [0.1, 0.15) is 6.92 Å². The molecule has 0 aromatic carbocycles. The van der Waals surface area contributed by atoms with Gasteiger partial charge in [0.25, 0.3) is 0 Å². The van der Waals surface area contributed by atoms with Crippen LogP contribution in [0, 0.1) is 0 Å². The molecule has 4 N–H and O–H groups in total. The van der Waals surface area contributed by atoms with Crippen LogP contribution in [0.2, 0.25) is 5.82 Å². The Morgan fingerprint density at radius 2 is 2.12 bits per heavy atom. The van der Waals surface area contributed by atoms with E-state index in [0.29, 0.717) is 0 Å².